The molecule has 1 aromatic carbocycles. The Labute approximate surface area is 85.5 Å². The fraction of sp³-hybridized carbons (Fsp3) is 0.500. The van der Waals surface area contributed by atoms with Crippen molar-refractivity contribution >= 4 is 0 Å². The average molecular weight is 194 g/mol. The first-order valence-corrected chi connectivity index (χ1v) is 4.93. The molecular formula is C12H18O2. The monoisotopic (exact) mass is 194 g/mol. The van der Waals surface area contributed by atoms with Gasteiger partial charge < -0.3 is 9.84 Å². The van der Waals surface area contributed by atoms with Crippen LogP contribution in [-0.4, -0.2) is 12.2 Å². The van der Waals surface area contributed by atoms with Crippen molar-refractivity contribution in [3.05, 3.63) is 28.8 Å². The lowest BCUT2D eigenvalue weighted by atomic mass is 10.0. The topological polar surface area (TPSA) is 29.5 Å². The Balaban J connectivity index is 3.13. The maximum absolute atomic E-state index is 9.70. The van der Waals surface area contributed by atoms with Gasteiger partial charge in [-0.1, -0.05) is 6.92 Å². The highest BCUT2D eigenvalue weighted by Crippen LogP contribution is 2.27. The van der Waals surface area contributed by atoms with E-state index in [1.165, 1.54) is 0 Å². The lowest BCUT2D eigenvalue weighted by molar-refractivity contribution is 0.173. The summed E-state index contributed by atoms with van der Waals surface area (Å²) >= 11 is 0. The van der Waals surface area contributed by atoms with Gasteiger partial charge in [-0.2, -0.15) is 0 Å². The molecule has 0 aliphatic heterocycles. The number of benzene rings is 1. The maximum atomic E-state index is 9.70. The molecule has 78 valence electrons. The molecule has 0 saturated carbocycles. The summed E-state index contributed by atoms with van der Waals surface area (Å²) in [6.07, 6.45) is 0.379. The number of ether oxygens (including phenoxy) is 1. The Morgan fingerprint density at radius 3 is 2.14 bits per heavy atom. The van der Waals surface area contributed by atoms with Gasteiger partial charge in [-0.15, -0.1) is 0 Å². The number of aryl methyl sites for hydroxylation is 2. The van der Waals surface area contributed by atoms with Gasteiger partial charge in [-0.05, 0) is 49.1 Å². The largest absolute Gasteiger partial charge is 0.496 e. The first-order valence-electron chi connectivity index (χ1n) is 4.93. The van der Waals surface area contributed by atoms with Gasteiger partial charge in [0.2, 0.25) is 0 Å². The van der Waals surface area contributed by atoms with E-state index < -0.39 is 0 Å². The second-order valence-electron chi connectivity index (χ2n) is 3.61. The summed E-state index contributed by atoms with van der Waals surface area (Å²) in [5.41, 5.74) is 3.13. The summed E-state index contributed by atoms with van der Waals surface area (Å²) in [5, 5.41) is 9.70. The van der Waals surface area contributed by atoms with E-state index in [0.29, 0.717) is 0 Å². The van der Waals surface area contributed by atoms with Crippen LogP contribution in [0.4, 0.5) is 0 Å². The van der Waals surface area contributed by atoms with Gasteiger partial charge in [-0.25, -0.2) is 0 Å². The average Bonchev–Trinajstić information content (AvgIpc) is 2.16. The van der Waals surface area contributed by atoms with Crippen molar-refractivity contribution in [1.29, 1.82) is 0 Å². The highest BCUT2D eigenvalue weighted by atomic mass is 16.5. The molecule has 1 rings (SSSR count). The van der Waals surface area contributed by atoms with Crippen LogP contribution in [0.2, 0.25) is 0 Å². The summed E-state index contributed by atoms with van der Waals surface area (Å²) in [5.74, 6) is 0.914. The zero-order chi connectivity index (χ0) is 10.7. The van der Waals surface area contributed by atoms with Crippen molar-refractivity contribution in [2.45, 2.75) is 33.3 Å². The van der Waals surface area contributed by atoms with E-state index in [2.05, 4.69) is 0 Å². The van der Waals surface area contributed by atoms with Crippen molar-refractivity contribution in [3.8, 4) is 5.75 Å². The van der Waals surface area contributed by atoms with Crippen LogP contribution in [0.1, 0.15) is 36.1 Å². The van der Waals surface area contributed by atoms with E-state index in [-0.39, 0.29) is 6.10 Å². The van der Waals surface area contributed by atoms with Crippen molar-refractivity contribution < 1.29 is 9.84 Å². The van der Waals surface area contributed by atoms with Crippen LogP contribution in [0.15, 0.2) is 12.1 Å². The standard InChI is InChI=1S/C12H18O2/c1-5-11(13)10-6-8(2)12(14-4)9(3)7-10/h6-7,11,13H,5H2,1-4H3/t11-/m0/s1. The quantitative estimate of drug-likeness (QED) is 0.801. The molecule has 14 heavy (non-hydrogen) atoms. The summed E-state index contributed by atoms with van der Waals surface area (Å²) in [6, 6.07) is 3.97. The summed E-state index contributed by atoms with van der Waals surface area (Å²) in [6.45, 7) is 5.97. The number of methoxy groups -OCH3 is 1. The van der Waals surface area contributed by atoms with Crippen molar-refractivity contribution in [3.63, 3.8) is 0 Å². The minimum atomic E-state index is -0.363. The second-order valence-corrected chi connectivity index (χ2v) is 3.61. The highest BCUT2D eigenvalue weighted by Gasteiger charge is 2.09. The summed E-state index contributed by atoms with van der Waals surface area (Å²) in [4.78, 5) is 0. The minimum absolute atomic E-state index is 0.363. The van der Waals surface area contributed by atoms with E-state index in [1.54, 1.807) is 7.11 Å². The Morgan fingerprint density at radius 2 is 1.79 bits per heavy atom. The lowest BCUT2D eigenvalue weighted by Crippen LogP contribution is -1.99. The molecule has 0 aliphatic carbocycles. The Hall–Kier alpha value is -1.02. The highest BCUT2D eigenvalue weighted by molar-refractivity contribution is 5.43. The van der Waals surface area contributed by atoms with E-state index in [9.17, 15) is 5.11 Å². The zero-order valence-electron chi connectivity index (χ0n) is 9.29. The Morgan fingerprint density at radius 1 is 1.29 bits per heavy atom. The first kappa shape index (κ1) is 11.1. The third-order valence-electron chi connectivity index (χ3n) is 2.46. The van der Waals surface area contributed by atoms with Crippen LogP contribution < -0.4 is 4.74 Å². The molecular weight excluding hydrogens is 176 g/mol. The van der Waals surface area contributed by atoms with Crippen LogP contribution in [0.3, 0.4) is 0 Å². The lowest BCUT2D eigenvalue weighted by Gasteiger charge is -2.14. The fourth-order valence-corrected chi connectivity index (χ4v) is 1.73. The van der Waals surface area contributed by atoms with E-state index in [4.69, 9.17) is 4.74 Å². The van der Waals surface area contributed by atoms with Crippen molar-refractivity contribution in [2.24, 2.45) is 0 Å². The molecule has 1 atom stereocenters. The summed E-state index contributed by atoms with van der Waals surface area (Å²) in [7, 11) is 1.67. The predicted octanol–water partition coefficient (Wildman–Crippen LogP) is 2.76. The molecule has 0 radical (unpaired) electrons. The molecule has 0 heterocycles. The Bertz CT molecular complexity index is 295. The third kappa shape index (κ3) is 2.07. The summed E-state index contributed by atoms with van der Waals surface area (Å²) < 4.78 is 5.26. The predicted molar refractivity (Wildman–Crippen MR) is 57.7 cm³/mol. The normalized spacial score (nSPS) is 12.6. The van der Waals surface area contributed by atoms with Crippen LogP contribution in [0.25, 0.3) is 0 Å². The number of rotatable bonds is 3. The smallest absolute Gasteiger partial charge is 0.124 e. The van der Waals surface area contributed by atoms with E-state index in [0.717, 1.165) is 28.9 Å². The van der Waals surface area contributed by atoms with Crippen LogP contribution in [0.5, 0.6) is 5.75 Å². The Kier molecular flexibility index (Phi) is 3.53. The maximum Gasteiger partial charge on any atom is 0.124 e. The van der Waals surface area contributed by atoms with Gasteiger partial charge in [0.15, 0.2) is 0 Å². The first-order chi connectivity index (χ1) is 6.60. The number of aliphatic hydroxyl groups excluding tert-OH is 1. The van der Waals surface area contributed by atoms with Gasteiger partial charge in [0, 0.05) is 0 Å². The van der Waals surface area contributed by atoms with Gasteiger partial charge in [0.1, 0.15) is 5.75 Å². The SMILES string of the molecule is CC[C@H](O)c1cc(C)c(OC)c(C)c1. The molecule has 0 bridgehead atoms. The third-order valence-corrected chi connectivity index (χ3v) is 2.46. The molecule has 1 N–H and O–H groups in total. The zero-order valence-corrected chi connectivity index (χ0v) is 9.29. The number of aliphatic hydroxyl groups is 1. The van der Waals surface area contributed by atoms with Crippen LogP contribution >= 0.6 is 0 Å². The van der Waals surface area contributed by atoms with Crippen molar-refractivity contribution in [2.75, 3.05) is 7.11 Å². The van der Waals surface area contributed by atoms with Crippen molar-refractivity contribution in [1.82, 2.24) is 0 Å². The fourth-order valence-electron chi connectivity index (χ4n) is 1.73. The molecule has 0 saturated heterocycles. The molecule has 0 spiro atoms. The minimum Gasteiger partial charge on any atom is -0.496 e. The van der Waals surface area contributed by atoms with Crippen LogP contribution in [0, 0.1) is 13.8 Å². The van der Waals surface area contributed by atoms with Gasteiger partial charge >= 0.3 is 0 Å². The molecule has 0 fully saturated rings. The molecule has 1 aromatic rings. The molecule has 0 aromatic heterocycles. The van der Waals surface area contributed by atoms with Gasteiger partial charge in [-0.3, -0.25) is 0 Å². The second kappa shape index (κ2) is 4.47. The molecule has 0 amide bonds. The molecule has 2 nitrogen and oxygen atoms in total. The molecule has 0 unspecified atom stereocenters. The number of hydrogen-bond acceptors (Lipinski definition) is 2. The van der Waals surface area contributed by atoms with Gasteiger partial charge in [0.05, 0.1) is 13.2 Å². The van der Waals surface area contributed by atoms with E-state index >= 15 is 0 Å². The number of hydrogen-bond donors (Lipinski definition) is 1. The van der Waals surface area contributed by atoms with Crippen LogP contribution in [-0.2, 0) is 0 Å². The molecule has 0 aliphatic rings. The molecule has 2 heteroatoms. The van der Waals surface area contributed by atoms with Gasteiger partial charge in [0.25, 0.3) is 0 Å². The van der Waals surface area contributed by atoms with E-state index in [1.807, 2.05) is 32.9 Å².